The summed E-state index contributed by atoms with van der Waals surface area (Å²) in [5.41, 5.74) is 8.24. The number of nitrogens with one attached hydrogen (secondary N) is 1. The molecule has 0 aliphatic heterocycles. The van der Waals surface area contributed by atoms with Crippen LogP contribution in [0.1, 0.15) is 25.5 Å². The van der Waals surface area contributed by atoms with E-state index in [0.717, 1.165) is 24.5 Å². The topological polar surface area (TPSA) is 62.9 Å². The molecule has 0 amide bonds. The molecular weight excluding hydrogens is 320 g/mol. The molecule has 2 rings (SSSR count). The van der Waals surface area contributed by atoms with E-state index in [4.69, 9.17) is 10.5 Å². The van der Waals surface area contributed by atoms with E-state index in [1.165, 1.54) is 5.56 Å². The van der Waals surface area contributed by atoms with E-state index in [2.05, 4.69) is 45.9 Å². The maximum atomic E-state index is 6.05. The van der Waals surface area contributed by atoms with Crippen LogP contribution in [0.25, 0.3) is 0 Å². The van der Waals surface area contributed by atoms with Crippen molar-refractivity contribution in [1.29, 1.82) is 0 Å². The number of thiophene rings is 1. The number of rotatable bonds is 8. The lowest BCUT2D eigenvalue weighted by atomic mass is 10.1. The van der Waals surface area contributed by atoms with Crippen LogP contribution in [0.3, 0.4) is 0 Å². The van der Waals surface area contributed by atoms with Gasteiger partial charge in [0.15, 0.2) is 5.96 Å². The van der Waals surface area contributed by atoms with Crippen molar-refractivity contribution in [2.45, 2.75) is 19.9 Å². The van der Waals surface area contributed by atoms with Gasteiger partial charge in [-0.25, -0.2) is 0 Å². The fourth-order valence-electron chi connectivity index (χ4n) is 2.61. The molecule has 0 radical (unpaired) electrons. The maximum absolute atomic E-state index is 6.05. The number of guanidine groups is 1. The molecule has 1 heterocycles. The summed E-state index contributed by atoms with van der Waals surface area (Å²) in [4.78, 5) is 6.95. The van der Waals surface area contributed by atoms with Gasteiger partial charge in [0.1, 0.15) is 5.75 Å². The van der Waals surface area contributed by atoms with E-state index in [-0.39, 0.29) is 6.04 Å². The van der Waals surface area contributed by atoms with Gasteiger partial charge in [-0.15, -0.1) is 0 Å². The molecule has 1 aromatic carbocycles. The van der Waals surface area contributed by atoms with E-state index < -0.39 is 0 Å². The fourth-order valence-corrected chi connectivity index (χ4v) is 3.31. The second-order valence-corrected chi connectivity index (χ2v) is 6.15. The molecule has 0 aliphatic carbocycles. The van der Waals surface area contributed by atoms with Crippen LogP contribution in [0.4, 0.5) is 5.69 Å². The molecule has 0 saturated carbocycles. The predicted octanol–water partition coefficient (Wildman–Crippen LogP) is 3.57. The van der Waals surface area contributed by atoms with Gasteiger partial charge in [0.2, 0.25) is 0 Å². The number of anilines is 1. The number of methoxy groups -OCH3 is 1. The second kappa shape index (κ2) is 9.30. The first-order valence-corrected chi connectivity index (χ1v) is 9.09. The molecule has 2 aromatic rings. The van der Waals surface area contributed by atoms with Gasteiger partial charge in [0.25, 0.3) is 0 Å². The van der Waals surface area contributed by atoms with Gasteiger partial charge in [0.05, 0.1) is 19.7 Å². The number of aliphatic imine (C=N–C) groups is 1. The van der Waals surface area contributed by atoms with Crippen LogP contribution in [0.5, 0.6) is 5.75 Å². The molecule has 130 valence electrons. The van der Waals surface area contributed by atoms with Crippen LogP contribution in [0.15, 0.2) is 46.1 Å². The Morgan fingerprint density at radius 2 is 1.96 bits per heavy atom. The van der Waals surface area contributed by atoms with E-state index in [0.29, 0.717) is 12.5 Å². The largest absolute Gasteiger partial charge is 0.497 e. The maximum Gasteiger partial charge on any atom is 0.193 e. The molecular formula is C18H26N4OS. The summed E-state index contributed by atoms with van der Waals surface area (Å²) < 4.78 is 5.15. The molecule has 5 nitrogen and oxygen atoms in total. The van der Waals surface area contributed by atoms with Gasteiger partial charge in [-0.05, 0) is 59.7 Å². The van der Waals surface area contributed by atoms with Crippen molar-refractivity contribution in [2.75, 3.05) is 32.1 Å². The quantitative estimate of drug-likeness (QED) is 0.567. The van der Waals surface area contributed by atoms with Gasteiger partial charge in [-0.1, -0.05) is 13.8 Å². The molecule has 3 N–H and O–H groups in total. The molecule has 0 spiro atoms. The van der Waals surface area contributed by atoms with E-state index in [9.17, 15) is 0 Å². The number of ether oxygens (including phenoxy) is 1. The Labute approximate surface area is 148 Å². The highest BCUT2D eigenvalue weighted by Gasteiger charge is 2.18. The SMILES string of the molecule is CCN(CC)C(CN=C(N)Nc1ccc(OC)cc1)c1ccsc1. The first-order chi connectivity index (χ1) is 11.7. The molecule has 0 saturated heterocycles. The Bertz CT molecular complexity index is 621. The number of hydrogen-bond acceptors (Lipinski definition) is 4. The molecule has 0 bridgehead atoms. The van der Waals surface area contributed by atoms with Crippen molar-refractivity contribution in [1.82, 2.24) is 4.90 Å². The van der Waals surface area contributed by atoms with Crippen LogP contribution in [-0.2, 0) is 0 Å². The fraction of sp³-hybridized carbons (Fsp3) is 0.389. The number of benzene rings is 1. The summed E-state index contributed by atoms with van der Waals surface area (Å²) in [6, 6.07) is 10.0. The van der Waals surface area contributed by atoms with Crippen LogP contribution >= 0.6 is 11.3 Å². The van der Waals surface area contributed by atoms with Crippen molar-refractivity contribution in [3.63, 3.8) is 0 Å². The summed E-state index contributed by atoms with van der Waals surface area (Å²) in [6.07, 6.45) is 0. The minimum atomic E-state index is 0.252. The van der Waals surface area contributed by atoms with Crippen molar-refractivity contribution in [3.05, 3.63) is 46.7 Å². The first kappa shape index (κ1) is 18.3. The Hall–Kier alpha value is -2.05. The zero-order chi connectivity index (χ0) is 17.4. The standard InChI is InChI=1S/C18H26N4OS/c1-4-22(5-2)17(14-10-11-24-13-14)12-20-18(19)21-15-6-8-16(23-3)9-7-15/h6-11,13,17H,4-5,12H2,1-3H3,(H3,19,20,21). The highest BCUT2D eigenvalue weighted by molar-refractivity contribution is 7.07. The van der Waals surface area contributed by atoms with Crippen LogP contribution in [-0.4, -0.2) is 37.6 Å². The zero-order valence-electron chi connectivity index (χ0n) is 14.5. The number of hydrogen-bond donors (Lipinski definition) is 2. The van der Waals surface area contributed by atoms with E-state index in [1.807, 2.05) is 24.3 Å². The van der Waals surface area contributed by atoms with Crippen molar-refractivity contribution in [2.24, 2.45) is 10.7 Å². The second-order valence-electron chi connectivity index (χ2n) is 5.37. The van der Waals surface area contributed by atoms with E-state index in [1.54, 1.807) is 18.4 Å². The molecule has 6 heteroatoms. The van der Waals surface area contributed by atoms with Gasteiger partial charge >= 0.3 is 0 Å². The van der Waals surface area contributed by atoms with Crippen LogP contribution < -0.4 is 15.8 Å². The average molecular weight is 347 g/mol. The molecule has 0 aliphatic rings. The molecule has 1 unspecified atom stereocenters. The summed E-state index contributed by atoms with van der Waals surface area (Å²) in [5.74, 6) is 1.24. The molecule has 1 atom stereocenters. The predicted molar refractivity (Wildman–Crippen MR) is 103 cm³/mol. The Balaban J connectivity index is 2.04. The summed E-state index contributed by atoms with van der Waals surface area (Å²) in [5, 5.41) is 7.42. The van der Waals surface area contributed by atoms with Gasteiger partial charge in [-0.3, -0.25) is 9.89 Å². The Kier molecular flexibility index (Phi) is 7.08. The Morgan fingerprint density at radius 3 is 2.50 bits per heavy atom. The highest BCUT2D eigenvalue weighted by atomic mass is 32.1. The minimum Gasteiger partial charge on any atom is -0.497 e. The van der Waals surface area contributed by atoms with Gasteiger partial charge in [0, 0.05) is 5.69 Å². The normalized spacial score (nSPS) is 13.1. The summed E-state index contributed by atoms with van der Waals surface area (Å²) in [7, 11) is 1.65. The van der Waals surface area contributed by atoms with E-state index >= 15 is 0 Å². The van der Waals surface area contributed by atoms with Crippen LogP contribution in [0.2, 0.25) is 0 Å². The lowest BCUT2D eigenvalue weighted by Crippen LogP contribution is -2.31. The monoisotopic (exact) mass is 346 g/mol. The highest BCUT2D eigenvalue weighted by Crippen LogP contribution is 2.23. The van der Waals surface area contributed by atoms with Crippen LogP contribution in [0, 0.1) is 0 Å². The number of nitrogens with two attached hydrogens (primary N) is 1. The van der Waals surface area contributed by atoms with Gasteiger partial charge < -0.3 is 15.8 Å². The number of likely N-dealkylation sites (N-methyl/N-ethyl adjacent to an activating group) is 1. The lowest BCUT2D eigenvalue weighted by Gasteiger charge is -2.28. The first-order valence-electron chi connectivity index (χ1n) is 8.15. The van der Waals surface area contributed by atoms with Crippen molar-refractivity contribution < 1.29 is 4.74 Å². The van der Waals surface area contributed by atoms with Gasteiger partial charge in [-0.2, -0.15) is 11.3 Å². The third-order valence-corrected chi connectivity index (χ3v) is 4.68. The third kappa shape index (κ3) is 4.97. The average Bonchev–Trinajstić information content (AvgIpc) is 3.13. The molecule has 1 aromatic heterocycles. The smallest absolute Gasteiger partial charge is 0.193 e. The lowest BCUT2D eigenvalue weighted by molar-refractivity contribution is 0.225. The molecule has 24 heavy (non-hydrogen) atoms. The number of nitrogens with zero attached hydrogens (tertiary/aromatic N) is 2. The van der Waals surface area contributed by atoms with Crippen molar-refractivity contribution >= 4 is 23.0 Å². The zero-order valence-corrected chi connectivity index (χ0v) is 15.3. The minimum absolute atomic E-state index is 0.252. The van der Waals surface area contributed by atoms with Crippen molar-refractivity contribution in [3.8, 4) is 5.75 Å². The Morgan fingerprint density at radius 1 is 1.25 bits per heavy atom. The summed E-state index contributed by atoms with van der Waals surface area (Å²) in [6.45, 7) is 6.95. The summed E-state index contributed by atoms with van der Waals surface area (Å²) >= 11 is 1.71. The third-order valence-electron chi connectivity index (χ3n) is 3.98. The molecule has 0 fully saturated rings.